The molecular formula is C17H21N2O4. The number of nitrogens with one attached hydrogen (secondary N) is 1. The van der Waals surface area contributed by atoms with Crippen LogP contribution in [-0.2, 0) is 19.5 Å². The summed E-state index contributed by atoms with van der Waals surface area (Å²) in [5.74, 6) is -0.905. The highest BCUT2D eigenvalue weighted by molar-refractivity contribution is 5.91. The smallest absolute Gasteiger partial charge is 0.333 e. The van der Waals surface area contributed by atoms with Crippen molar-refractivity contribution in [2.24, 2.45) is 0 Å². The molecule has 6 nitrogen and oxygen atoms in total. The van der Waals surface area contributed by atoms with E-state index in [9.17, 15) is 14.8 Å². The molecule has 3 rings (SSSR count). The molecule has 3 atom stereocenters. The monoisotopic (exact) mass is 317 g/mol. The third kappa shape index (κ3) is 2.72. The van der Waals surface area contributed by atoms with E-state index in [0.717, 1.165) is 24.3 Å². The Morgan fingerprint density at radius 2 is 2.00 bits per heavy atom. The lowest BCUT2D eigenvalue weighted by atomic mass is 9.88. The molecule has 2 fully saturated rings. The van der Waals surface area contributed by atoms with Crippen LogP contribution in [0.4, 0.5) is 0 Å². The predicted octanol–water partition coefficient (Wildman–Crippen LogP) is 1.75. The average molecular weight is 317 g/mol. The van der Waals surface area contributed by atoms with E-state index in [0.29, 0.717) is 18.4 Å². The summed E-state index contributed by atoms with van der Waals surface area (Å²) in [6, 6.07) is 7.98. The first-order valence-electron chi connectivity index (χ1n) is 7.99. The van der Waals surface area contributed by atoms with Crippen molar-refractivity contribution in [3.8, 4) is 0 Å². The Morgan fingerprint density at radius 1 is 1.26 bits per heavy atom. The topological polar surface area (TPSA) is 78.5 Å². The maximum absolute atomic E-state index is 12.8. The standard InChI is InChI=1S/C17H21N2O4/c1-23-15(20)14(12-6-3-2-4-7-12)18-16(21)17-10-5-8-13(9-11-17)19(17)22/h2-4,6-7,13-14H,5,8-11H2,1H3,(H,18,21)/t13?,14-,17+/m0/s1. The molecule has 6 heteroatoms. The number of piperidine rings is 1. The molecule has 1 unspecified atom stereocenters. The molecule has 1 radical (unpaired) electrons. The molecule has 2 saturated heterocycles. The van der Waals surface area contributed by atoms with Gasteiger partial charge in [-0.05, 0) is 37.7 Å². The van der Waals surface area contributed by atoms with Crippen molar-refractivity contribution >= 4 is 11.9 Å². The van der Waals surface area contributed by atoms with Gasteiger partial charge in [0.05, 0.1) is 7.11 Å². The summed E-state index contributed by atoms with van der Waals surface area (Å²) in [6.07, 6.45) is 3.55. The highest BCUT2D eigenvalue weighted by Crippen LogP contribution is 2.43. The van der Waals surface area contributed by atoms with E-state index in [4.69, 9.17) is 4.74 Å². The summed E-state index contributed by atoms with van der Waals surface area (Å²) >= 11 is 0. The van der Waals surface area contributed by atoms with E-state index >= 15 is 0 Å². The number of amides is 1. The summed E-state index contributed by atoms with van der Waals surface area (Å²) in [6.45, 7) is 0. The minimum absolute atomic E-state index is 0.0669. The minimum Gasteiger partial charge on any atom is -0.467 e. The van der Waals surface area contributed by atoms with Gasteiger partial charge in [0.1, 0.15) is 5.54 Å². The highest BCUT2D eigenvalue weighted by atomic mass is 16.5. The van der Waals surface area contributed by atoms with Crippen LogP contribution < -0.4 is 5.32 Å². The number of hydroxylamine groups is 2. The lowest BCUT2D eigenvalue weighted by Crippen LogP contribution is -2.58. The predicted molar refractivity (Wildman–Crippen MR) is 81.5 cm³/mol. The molecular weight excluding hydrogens is 296 g/mol. The van der Waals surface area contributed by atoms with Gasteiger partial charge in [-0.2, -0.15) is 0 Å². The molecule has 2 heterocycles. The first kappa shape index (κ1) is 16.0. The molecule has 0 aliphatic carbocycles. The van der Waals surface area contributed by atoms with E-state index < -0.39 is 17.6 Å². The van der Waals surface area contributed by atoms with Gasteiger partial charge in [-0.25, -0.2) is 4.79 Å². The van der Waals surface area contributed by atoms with Gasteiger partial charge in [0.2, 0.25) is 5.91 Å². The van der Waals surface area contributed by atoms with Crippen LogP contribution >= 0.6 is 0 Å². The second kappa shape index (κ2) is 6.29. The van der Waals surface area contributed by atoms with Crippen LogP contribution in [0.1, 0.15) is 43.7 Å². The van der Waals surface area contributed by atoms with Gasteiger partial charge >= 0.3 is 5.97 Å². The van der Waals surface area contributed by atoms with Crippen molar-refractivity contribution in [2.45, 2.75) is 49.7 Å². The first-order valence-corrected chi connectivity index (χ1v) is 7.99. The number of hydrogen-bond donors (Lipinski definition) is 1. The van der Waals surface area contributed by atoms with Crippen molar-refractivity contribution in [3.05, 3.63) is 35.9 Å². The molecule has 2 aliphatic rings. The fourth-order valence-electron chi connectivity index (χ4n) is 3.74. The molecule has 23 heavy (non-hydrogen) atoms. The Balaban J connectivity index is 1.83. The quantitative estimate of drug-likeness (QED) is 0.858. The number of ether oxygens (including phenoxy) is 1. The normalized spacial score (nSPS) is 28.2. The Morgan fingerprint density at radius 3 is 2.70 bits per heavy atom. The number of methoxy groups -OCH3 is 1. The molecule has 123 valence electrons. The minimum atomic E-state index is -1.02. The molecule has 2 bridgehead atoms. The summed E-state index contributed by atoms with van der Waals surface area (Å²) in [5, 5.41) is 16.2. The van der Waals surface area contributed by atoms with Crippen molar-refractivity contribution < 1.29 is 19.5 Å². The Labute approximate surface area is 135 Å². The van der Waals surface area contributed by atoms with Gasteiger partial charge < -0.3 is 10.1 Å². The zero-order chi connectivity index (χ0) is 16.4. The molecule has 1 amide bonds. The maximum Gasteiger partial charge on any atom is 0.333 e. The molecule has 1 aromatic rings. The third-order valence-corrected chi connectivity index (χ3v) is 5.04. The lowest BCUT2D eigenvalue weighted by Gasteiger charge is -2.38. The van der Waals surface area contributed by atoms with Crippen LogP contribution in [0.3, 0.4) is 0 Å². The Kier molecular flexibility index (Phi) is 4.37. The van der Waals surface area contributed by atoms with Crippen LogP contribution in [0.2, 0.25) is 0 Å². The fourth-order valence-corrected chi connectivity index (χ4v) is 3.74. The van der Waals surface area contributed by atoms with Gasteiger partial charge in [0, 0.05) is 6.04 Å². The SMILES string of the molecule is COC(=O)[C@@H](NC(=O)[C@@]12CCCC(CC1)N2[O])c1ccccc1. The summed E-state index contributed by atoms with van der Waals surface area (Å²) in [5.41, 5.74) is -0.379. The molecule has 1 N–H and O–H groups in total. The Hall–Kier alpha value is -1.92. The second-order valence-electron chi connectivity index (χ2n) is 6.28. The summed E-state index contributed by atoms with van der Waals surface area (Å²) in [7, 11) is 1.29. The van der Waals surface area contributed by atoms with Crippen molar-refractivity contribution in [3.63, 3.8) is 0 Å². The summed E-state index contributed by atoms with van der Waals surface area (Å²) in [4.78, 5) is 24.9. The highest BCUT2D eigenvalue weighted by Gasteiger charge is 2.55. The zero-order valence-electron chi connectivity index (χ0n) is 13.2. The van der Waals surface area contributed by atoms with Gasteiger partial charge in [-0.15, -0.1) is 10.3 Å². The molecule has 2 aliphatic heterocycles. The van der Waals surface area contributed by atoms with Crippen LogP contribution in [0.5, 0.6) is 0 Å². The largest absolute Gasteiger partial charge is 0.467 e. The van der Waals surface area contributed by atoms with E-state index in [1.165, 1.54) is 7.11 Å². The van der Waals surface area contributed by atoms with Gasteiger partial charge in [-0.1, -0.05) is 30.3 Å². The molecule has 0 aromatic heterocycles. The van der Waals surface area contributed by atoms with Crippen LogP contribution in [0.25, 0.3) is 0 Å². The lowest BCUT2D eigenvalue weighted by molar-refractivity contribution is -0.239. The van der Waals surface area contributed by atoms with Crippen LogP contribution in [-0.4, -0.2) is 35.6 Å². The van der Waals surface area contributed by atoms with Crippen LogP contribution in [0.15, 0.2) is 30.3 Å². The molecule has 0 spiro atoms. The second-order valence-corrected chi connectivity index (χ2v) is 6.28. The number of carbonyl (C=O) groups is 2. The number of nitrogens with zero attached hydrogens (tertiary/aromatic N) is 1. The van der Waals surface area contributed by atoms with E-state index in [2.05, 4.69) is 5.32 Å². The third-order valence-electron chi connectivity index (χ3n) is 5.04. The van der Waals surface area contributed by atoms with E-state index in [-0.39, 0.29) is 11.9 Å². The number of benzene rings is 1. The average Bonchev–Trinajstić information content (AvgIpc) is 2.78. The van der Waals surface area contributed by atoms with Crippen molar-refractivity contribution in [2.75, 3.05) is 7.11 Å². The molecule has 1 aromatic carbocycles. The van der Waals surface area contributed by atoms with Crippen molar-refractivity contribution in [1.29, 1.82) is 0 Å². The number of carbonyl (C=O) groups excluding carboxylic acids is 2. The number of fused-ring (bicyclic) bond motifs is 2. The van der Waals surface area contributed by atoms with Gasteiger partial charge in [0.25, 0.3) is 0 Å². The van der Waals surface area contributed by atoms with Gasteiger partial charge in [-0.3, -0.25) is 4.79 Å². The molecule has 0 saturated carbocycles. The van der Waals surface area contributed by atoms with Crippen molar-refractivity contribution in [1.82, 2.24) is 10.4 Å². The fraction of sp³-hybridized carbons (Fsp3) is 0.529. The first-order chi connectivity index (χ1) is 11.1. The maximum atomic E-state index is 12.8. The number of esters is 1. The number of rotatable bonds is 4. The zero-order valence-corrected chi connectivity index (χ0v) is 13.2. The van der Waals surface area contributed by atoms with E-state index in [1.54, 1.807) is 24.3 Å². The van der Waals surface area contributed by atoms with Crippen LogP contribution in [0, 0.1) is 0 Å². The van der Waals surface area contributed by atoms with Gasteiger partial charge in [0.15, 0.2) is 6.04 Å². The summed E-state index contributed by atoms with van der Waals surface area (Å²) < 4.78 is 4.81. The Bertz CT molecular complexity index is 588. The number of hydrogen-bond acceptors (Lipinski definition) is 4. The van der Waals surface area contributed by atoms with E-state index in [1.807, 2.05) is 6.07 Å².